The van der Waals surface area contributed by atoms with Crippen LogP contribution in [0.15, 0.2) is 66.7 Å². The quantitative estimate of drug-likeness (QED) is 0.258. The number of benzene rings is 3. The molecule has 0 saturated heterocycles. The van der Waals surface area contributed by atoms with E-state index in [1.54, 1.807) is 0 Å². The highest BCUT2D eigenvalue weighted by Gasteiger charge is 2.13. The van der Waals surface area contributed by atoms with Crippen LogP contribution in [0.4, 0.5) is 5.69 Å². The van der Waals surface area contributed by atoms with Crippen molar-refractivity contribution < 1.29 is 9.53 Å². The number of ether oxygens (including phenoxy) is 1. The molecule has 7 nitrogen and oxygen atoms in total. The summed E-state index contributed by atoms with van der Waals surface area (Å²) in [4.78, 5) is 12.8. The number of nitrogens with zero attached hydrogens (tertiary/aromatic N) is 3. The zero-order valence-electron chi connectivity index (χ0n) is 19.7. The fourth-order valence-electron chi connectivity index (χ4n) is 4.52. The maximum absolute atomic E-state index is 12.8. The van der Waals surface area contributed by atoms with Gasteiger partial charge >= 0.3 is 0 Å². The lowest BCUT2D eigenvalue weighted by molar-refractivity contribution is -0.116. The molecule has 0 unspecified atom stereocenters. The second kappa shape index (κ2) is 9.76. The Bertz CT molecular complexity index is 1560. The van der Waals surface area contributed by atoms with E-state index in [9.17, 15) is 4.79 Å². The van der Waals surface area contributed by atoms with Crippen molar-refractivity contribution in [2.24, 2.45) is 0 Å². The van der Waals surface area contributed by atoms with Gasteiger partial charge in [-0.05, 0) is 74.6 Å². The first-order valence-corrected chi connectivity index (χ1v) is 12.2. The Labute approximate surface area is 208 Å². The molecule has 0 aliphatic carbocycles. The third-order valence-electron chi connectivity index (χ3n) is 6.12. The van der Waals surface area contributed by atoms with Crippen LogP contribution in [0.1, 0.15) is 20.3 Å². The minimum absolute atomic E-state index is 0.0793. The summed E-state index contributed by atoms with van der Waals surface area (Å²) >= 11 is 5.42. The predicted octanol–water partition coefficient (Wildman–Crippen LogP) is 6.16. The van der Waals surface area contributed by atoms with Crippen LogP contribution in [0.2, 0.25) is 0 Å². The Morgan fingerprint density at radius 1 is 1.00 bits per heavy atom. The molecule has 2 aromatic heterocycles. The van der Waals surface area contributed by atoms with Crippen LogP contribution < -0.4 is 10.1 Å². The number of aromatic nitrogens is 4. The molecule has 0 saturated carbocycles. The first-order chi connectivity index (χ1) is 17.1. The van der Waals surface area contributed by atoms with Gasteiger partial charge in [0.05, 0.1) is 6.61 Å². The highest BCUT2D eigenvalue weighted by atomic mass is 32.1. The van der Waals surface area contributed by atoms with Crippen molar-refractivity contribution in [1.82, 2.24) is 19.3 Å². The standard InChI is InChI=1S/C27H27N5O2S/c1-3-31-23-8-6-5-7-21(23)22-17-19(11-14-24(22)31)28-25(33)15-16-32-26(29-30-27(32)35)18-9-12-20(13-10-18)34-4-2/h5-14,17H,3-4,15-16H2,1-2H3,(H,28,33)(H,30,35). The second-order valence-electron chi connectivity index (χ2n) is 8.25. The number of para-hydroxylation sites is 1. The Hall–Kier alpha value is -3.91. The summed E-state index contributed by atoms with van der Waals surface area (Å²) in [5, 5.41) is 12.6. The molecule has 2 N–H and O–H groups in total. The number of hydrogen-bond donors (Lipinski definition) is 2. The lowest BCUT2D eigenvalue weighted by atomic mass is 10.1. The van der Waals surface area contributed by atoms with Crippen LogP contribution in [0, 0.1) is 4.77 Å². The fraction of sp³-hybridized carbons (Fsp3) is 0.222. The number of rotatable bonds is 8. The van der Waals surface area contributed by atoms with Crippen molar-refractivity contribution in [3.05, 3.63) is 71.5 Å². The number of fused-ring (bicyclic) bond motifs is 3. The molecule has 5 rings (SSSR count). The lowest BCUT2D eigenvalue weighted by Gasteiger charge is -2.09. The highest BCUT2D eigenvalue weighted by Crippen LogP contribution is 2.31. The zero-order chi connectivity index (χ0) is 24.4. The molecular formula is C27H27N5O2S. The average Bonchev–Trinajstić information content (AvgIpc) is 3.40. The van der Waals surface area contributed by atoms with E-state index in [4.69, 9.17) is 17.0 Å². The van der Waals surface area contributed by atoms with Crippen LogP contribution >= 0.6 is 12.2 Å². The van der Waals surface area contributed by atoms with Gasteiger partial charge in [-0.15, -0.1) is 0 Å². The summed E-state index contributed by atoms with van der Waals surface area (Å²) in [6.07, 6.45) is 0.270. The fourth-order valence-corrected chi connectivity index (χ4v) is 4.74. The SMILES string of the molecule is CCOc1ccc(-c2n[nH]c(=S)n2CCC(=O)Nc2ccc3c(c2)c2ccccc2n3CC)cc1. The maximum Gasteiger partial charge on any atom is 0.226 e. The first kappa shape index (κ1) is 22.9. The van der Waals surface area contributed by atoms with Gasteiger partial charge in [-0.1, -0.05) is 18.2 Å². The van der Waals surface area contributed by atoms with Crippen LogP contribution in [0.5, 0.6) is 5.75 Å². The van der Waals surface area contributed by atoms with Gasteiger partial charge < -0.3 is 14.6 Å². The molecule has 0 atom stereocenters. The summed E-state index contributed by atoms with van der Waals surface area (Å²) in [6, 6.07) is 22.1. The van der Waals surface area contributed by atoms with Gasteiger partial charge in [0.1, 0.15) is 5.75 Å². The summed E-state index contributed by atoms with van der Waals surface area (Å²) in [7, 11) is 0. The van der Waals surface area contributed by atoms with Gasteiger partial charge in [-0.2, -0.15) is 5.10 Å². The van der Waals surface area contributed by atoms with Crippen molar-refractivity contribution >= 4 is 45.6 Å². The van der Waals surface area contributed by atoms with Gasteiger partial charge in [-0.3, -0.25) is 14.5 Å². The summed E-state index contributed by atoms with van der Waals surface area (Å²) in [5.74, 6) is 1.42. The molecule has 1 amide bonds. The molecule has 0 fully saturated rings. The largest absolute Gasteiger partial charge is 0.494 e. The molecule has 0 radical (unpaired) electrons. The van der Waals surface area contributed by atoms with E-state index in [0.29, 0.717) is 23.7 Å². The highest BCUT2D eigenvalue weighted by molar-refractivity contribution is 7.71. The van der Waals surface area contributed by atoms with E-state index in [2.05, 4.69) is 57.3 Å². The summed E-state index contributed by atoms with van der Waals surface area (Å²) in [6.45, 7) is 6.01. The number of H-pyrrole nitrogens is 1. The van der Waals surface area contributed by atoms with E-state index < -0.39 is 0 Å². The Morgan fingerprint density at radius 2 is 1.77 bits per heavy atom. The second-order valence-corrected chi connectivity index (χ2v) is 8.64. The molecular weight excluding hydrogens is 458 g/mol. The number of amides is 1. The number of carbonyl (C=O) groups excluding carboxylic acids is 1. The van der Waals surface area contributed by atoms with Crippen molar-refractivity contribution in [2.45, 2.75) is 33.4 Å². The van der Waals surface area contributed by atoms with Gasteiger partial charge in [0, 0.05) is 52.6 Å². The molecule has 35 heavy (non-hydrogen) atoms. The summed E-state index contributed by atoms with van der Waals surface area (Å²) in [5.41, 5.74) is 4.05. The van der Waals surface area contributed by atoms with E-state index in [-0.39, 0.29) is 12.3 Å². The molecule has 5 aromatic rings. The molecule has 178 valence electrons. The lowest BCUT2D eigenvalue weighted by Crippen LogP contribution is -2.15. The Morgan fingerprint density at radius 3 is 2.54 bits per heavy atom. The van der Waals surface area contributed by atoms with E-state index in [1.165, 1.54) is 10.9 Å². The first-order valence-electron chi connectivity index (χ1n) is 11.8. The van der Waals surface area contributed by atoms with Crippen molar-refractivity contribution in [3.8, 4) is 17.1 Å². The molecule has 0 spiro atoms. The third kappa shape index (κ3) is 4.44. The molecule has 8 heteroatoms. The van der Waals surface area contributed by atoms with Gasteiger partial charge in [0.25, 0.3) is 0 Å². The predicted molar refractivity (Wildman–Crippen MR) is 142 cm³/mol. The summed E-state index contributed by atoms with van der Waals surface area (Å²) < 4.78 is 10.1. The number of anilines is 1. The van der Waals surface area contributed by atoms with Crippen molar-refractivity contribution in [3.63, 3.8) is 0 Å². The molecule has 0 bridgehead atoms. The van der Waals surface area contributed by atoms with E-state index in [1.807, 2.05) is 47.9 Å². The normalized spacial score (nSPS) is 11.3. The number of nitrogens with one attached hydrogen (secondary N) is 2. The smallest absolute Gasteiger partial charge is 0.226 e. The topological polar surface area (TPSA) is 76.9 Å². The number of aromatic amines is 1. The molecule has 0 aliphatic heterocycles. The molecule has 3 aromatic carbocycles. The minimum Gasteiger partial charge on any atom is -0.494 e. The van der Waals surface area contributed by atoms with E-state index in [0.717, 1.165) is 34.4 Å². The molecule has 0 aliphatic rings. The third-order valence-corrected chi connectivity index (χ3v) is 6.43. The number of aryl methyl sites for hydroxylation is 1. The maximum atomic E-state index is 12.8. The van der Waals surface area contributed by atoms with Gasteiger partial charge in [-0.25, -0.2) is 0 Å². The monoisotopic (exact) mass is 485 g/mol. The zero-order valence-corrected chi connectivity index (χ0v) is 20.6. The minimum atomic E-state index is -0.0793. The number of hydrogen-bond acceptors (Lipinski definition) is 4. The Balaban J connectivity index is 1.32. The van der Waals surface area contributed by atoms with E-state index >= 15 is 0 Å². The molecule has 2 heterocycles. The van der Waals surface area contributed by atoms with Crippen molar-refractivity contribution in [2.75, 3.05) is 11.9 Å². The van der Waals surface area contributed by atoms with Gasteiger partial charge in [0.15, 0.2) is 10.6 Å². The number of carbonyl (C=O) groups is 1. The van der Waals surface area contributed by atoms with Crippen LogP contribution in [-0.2, 0) is 17.9 Å². The van der Waals surface area contributed by atoms with Crippen LogP contribution in [0.3, 0.4) is 0 Å². The Kier molecular flexibility index (Phi) is 6.37. The van der Waals surface area contributed by atoms with Crippen LogP contribution in [-0.4, -0.2) is 31.8 Å². The van der Waals surface area contributed by atoms with Crippen LogP contribution in [0.25, 0.3) is 33.2 Å². The van der Waals surface area contributed by atoms with Gasteiger partial charge in [0.2, 0.25) is 5.91 Å². The van der Waals surface area contributed by atoms with Crippen molar-refractivity contribution in [1.29, 1.82) is 0 Å². The average molecular weight is 486 g/mol.